The maximum absolute atomic E-state index is 12.4. The molecule has 104 valence electrons. The van der Waals surface area contributed by atoms with Crippen LogP contribution in [0.25, 0.3) is 0 Å². The van der Waals surface area contributed by atoms with E-state index in [2.05, 4.69) is 0 Å². The molecule has 1 N–H and O–H groups in total. The summed E-state index contributed by atoms with van der Waals surface area (Å²) in [4.78, 5) is 36.8. The van der Waals surface area contributed by atoms with E-state index < -0.39 is 23.8 Å². The third-order valence-electron chi connectivity index (χ3n) is 4.30. The average molecular weight is 265 g/mol. The molecule has 0 radical (unpaired) electrons. The predicted octanol–water partition coefficient (Wildman–Crippen LogP) is 1.44. The van der Waals surface area contributed by atoms with Gasteiger partial charge in [0.15, 0.2) is 0 Å². The van der Waals surface area contributed by atoms with Crippen molar-refractivity contribution in [1.29, 1.82) is 0 Å². The van der Waals surface area contributed by atoms with E-state index in [0.717, 1.165) is 10.5 Å². The van der Waals surface area contributed by atoms with Crippen LogP contribution in [0.4, 0.5) is 0 Å². The van der Waals surface area contributed by atoms with E-state index in [0.29, 0.717) is 12.8 Å². The highest BCUT2D eigenvalue weighted by Gasteiger charge is 2.58. The number of allylic oxidation sites excluding steroid dienone is 1. The SMILES string of the molecule is CCC1=C[C@@H](CC)[C@H]2C(=O)N(C(C)=O)[C@@H]1C2C(=O)O. The van der Waals surface area contributed by atoms with Gasteiger partial charge in [-0.1, -0.05) is 25.5 Å². The first-order valence-electron chi connectivity index (χ1n) is 6.71. The fourth-order valence-electron chi connectivity index (χ4n) is 3.47. The number of rotatable bonds is 3. The number of carboxylic acid groups (broad SMARTS) is 1. The lowest BCUT2D eigenvalue weighted by Crippen LogP contribution is -2.42. The molecule has 2 amide bonds. The van der Waals surface area contributed by atoms with Gasteiger partial charge >= 0.3 is 5.97 Å². The molecule has 1 aliphatic heterocycles. The molecule has 2 bridgehead atoms. The number of hydrogen-bond acceptors (Lipinski definition) is 3. The summed E-state index contributed by atoms with van der Waals surface area (Å²) in [5.41, 5.74) is 0.900. The molecule has 2 aliphatic rings. The molecule has 1 aliphatic carbocycles. The number of carbonyl (C=O) groups excluding carboxylic acids is 2. The minimum absolute atomic E-state index is 0.0795. The molecule has 0 aromatic carbocycles. The topological polar surface area (TPSA) is 74.7 Å². The maximum atomic E-state index is 12.4. The molecule has 5 heteroatoms. The number of fused-ring (bicyclic) bond motifs is 2. The van der Waals surface area contributed by atoms with Crippen LogP contribution in [0.3, 0.4) is 0 Å². The standard InChI is InChI=1S/C14H19NO4/c1-4-8-6-9(5-2)12-11(14(18)19)10(8)13(17)15(12)7(3)16/h6,8,10-12H,4-5H2,1-3H3,(H,18,19)/t8-,10-,11?,12+/m1/s1. The van der Waals surface area contributed by atoms with E-state index >= 15 is 0 Å². The smallest absolute Gasteiger partial charge is 0.309 e. The Morgan fingerprint density at radius 1 is 1.37 bits per heavy atom. The molecule has 2 rings (SSSR count). The number of likely N-dealkylation sites (tertiary alicyclic amines) is 1. The molecule has 1 heterocycles. The van der Waals surface area contributed by atoms with Crippen molar-refractivity contribution < 1.29 is 19.5 Å². The van der Waals surface area contributed by atoms with E-state index in [1.54, 1.807) is 0 Å². The molecule has 0 saturated carbocycles. The zero-order valence-corrected chi connectivity index (χ0v) is 11.4. The highest BCUT2D eigenvalue weighted by atomic mass is 16.4. The molecule has 19 heavy (non-hydrogen) atoms. The van der Waals surface area contributed by atoms with Crippen LogP contribution in [0.5, 0.6) is 0 Å². The largest absolute Gasteiger partial charge is 0.481 e. The quantitative estimate of drug-likeness (QED) is 0.783. The van der Waals surface area contributed by atoms with Gasteiger partial charge in [0.2, 0.25) is 11.8 Å². The number of carboxylic acids is 1. The fraction of sp³-hybridized carbons (Fsp3) is 0.643. The highest BCUT2D eigenvalue weighted by Crippen LogP contribution is 2.46. The van der Waals surface area contributed by atoms with Gasteiger partial charge < -0.3 is 5.11 Å². The number of hydrogen-bond donors (Lipinski definition) is 1. The third kappa shape index (κ3) is 1.88. The van der Waals surface area contributed by atoms with Crippen molar-refractivity contribution in [2.75, 3.05) is 0 Å². The number of nitrogens with zero attached hydrogens (tertiary/aromatic N) is 1. The van der Waals surface area contributed by atoms with E-state index in [-0.39, 0.29) is 17.7 Å². The molecule has 0 aromatic heterocycles. The minimum Gasteiger partial charge on any atom is -0.481 e. The summed E-state index contributed by atoms with van der Waals surface area (Å²) in [5, 5.41) is 9.45. The van der Waals surface area contributed by atoms with Crippen molar-refractivity contribution in [3.8, 4) is 0 Å². The lowest BCUT2D eigenvalue weighted by atomic mass is 9.72. The number of amides is 2. The Hall–Kier alpha value is -1.65. The Balaban J connectivity index is 2.56. The highest BCUT2D eigenvalue weighted by molar-refractivity contribution is 6.02. The van der Waals surface area contributed by atoms with Gasteiger partial charge in [-0.25, -0.2) is 0 Å². The lowest BCUT2D eigenvalue weighted by molar-refractivity contribution is -0.146. The number of imide groups is 1. The van der Waals surface area contributed by atoms with Crippen LogP contribution in [0.15, 0.2) is 11.6 Å². The molecule has 4 atom stereocenters. The first-order chi connectivity index (χ1) is 8.93. The van der Waals surface area contributed by atoms with Crippen LogP contribution < -0.4 is 0 Å². The zero-order valence-electron chi connectivity index (χ0n) is 11.4. The Bertz CT molecular complexity index is 468. The van der Waals surface area contributed by atoms with E-state index in [1.807, 2.05) is 19.9 Å². The Morgan fingerprint density at radius 2 is 2.00 bits per heavy atom. The molecule has 5 nitrogen and oxygen atoms in total. The summed E-state index contributed by atoms with van der Waals surface area (Å²) >= 11 is 0. The average Bonchev–Trinajstić information content (AvgIpc) is 2.59. The lowest BCUT2D eigenvalue weighted by Gasteiger charge is -2.31. The summed E-state index contributed by atoms with van der Waals surface area (Å²) in [6, 6.07) is -0.583. The van der Waals surface area contributed by atoms with Gasteiger partial charge in [-0.05, 0) is 18.8 Å². The summed E-state index contributed by atoms with van der Waals surface area (Å²) in [7, 11) is 0. The van der Waals surface area contributed by atoms with Crippen LogP contribution in [0.1, 0.15) is 33.6 Å². The Labute approximate surface area is 112 Å². The Kier molecular flexibility index (Phi) is 3.47. The van der Waals surface area contributed by atoms with Crippen molar-refractivity contribution in [2.24, 2.45) is 17.8 Å². The zero-order chi connectivity index (χ0) is 14.3. The summed E-state index contributed by atoms with van der Waals surface area (Å²) < 4.78 is 0. The van der Waals surface area contributed by atoms with Gasteiger partial charge in [-0.15, -0.1) is 0 Å². The number of carbonyl (C=O) groups is 3. The fourth-order valence-corrected chi connectivity index (χ4v) is 3.47. The van der Waals surface area contributed by atoms with Crippen molar-refractivity contribution >= 4 is 17.8 Å². The van der Waals surface area contributed by atoms with Gasteiger partial charge in [0, 0.05) is 6.92 Å². The van der Waals surface area contributed by atoms with Crippen molar-refractivity contribution in [3.63, 3.8) is 0 Å². The first kappa shape index (κ1) is 13.8. The second kappa shape index (κ2) is 4.79. The summed E-state index contributed by atoms with van der Waals surface area (Å²) in [6.45, 7) is 5.20. The number of aliphatic carboxylic acids is 1. The van der Waals surface area contributed by atoms with Crippen LogP contribution in [-0.4, -0.2) is 33.8 Å². The Morgan fingerprint density at radius 3 is 2.42 bits per heavy atom. The molecule has 1 fully saturated rings. The molecule has 1 unspecified atom stereocenters. The molecule has 0 aromatic rings. The van der Waals surface area contributed by atoms with Gasteiger partial charge in [0.1, 0.15) is 0 Å². The van der Waals surface area contributed by atoms with Crippen molar-refractivity contribution in [1.82, 2.24) is 4.90 Å². The normalized spacial score (nSPS) is 33.3. The van der Waals surface area contributed by atoms with E-state index in [1.165, 1.54) is 6.92 Å². The van der Waals surface area contributed by atoms with Gasteiger partial charge in [0.25, 0.3) is 0 Å². The maximum Gasteiger partial charge on any atom is 0.309 e. The van der Waals surface area contributed by atoms with Crippen LogP contribution in [-0.2, 0) is 14.4 Å². The minimum atomic E-state index is -0.982. The van der Waals surface area contributed by atoms with Crippen LogP contribution in [0.2, 0.25) is 0 Å². The van der Waals surface area contributed by atoms with Gasteiger partial charge in [-0.2, -0.15) is 0 Å². The van der Waals surface area contributed by atoms with Crippen LogP contribution >= 0.6 is 0 Å². The summed E-state index contributed by atoms with van der Waals surface area (Å²) in [5.74, 6) is -3.13. The second-order valence-corrected chi connectivity index (χ2v) is 5.23. The van der Waals surface area contributed by atoms with Gasteiger partial charge in [-0.3, -0.25) is 19.3 Å². The second-order valence-electron chi connectivity index (χ2n) is 5.23. The van der Waals surface area contributed by atoms with Crippen molar-refractivity contribution in [2.45, 2.75) is 39.7 Å². The summed E-state index contributed by atoms with van der Waals surface area (Å²) in [6.07, 6.45) is 3.38. The van der Waals surface area contributed by atoms with Crippen molar-refractivity contribution in [3.05, 3.63) is 11.6 Å². The molecule has 0 spiro atoms. The third-order valence-corrected chi connectivity index (χ3v) is 4.30. The predicted molar refractivity (Wildman–Crippen MR) is 68.1 cm³/mol. The monoisotopic (exact) mass is 265 g/mol. The van der Waals surface area contributed by atoms with Crippen LogP contribution in [0, 0.1) is 17.8 Å². The van der Waals surface area contributed by atoms with Gasteiger partial charge in [0.05, 0.1) is 17.9 Å². The first-order valence-corrected chi connectivity index (χ1v) is 6.71. The van der Waals surface area contributed by atoms with E-state index in [9.17, 15) is 19.5 Å². The van der Waals surface area contributed by atoms with E-state index in [4.69, 9.17) is 0 Å². The molecular weight excluding hydrogens is 246 g/mol. The molecule has 1 saturated heterocycles. The molecular formula is C14H19NO4.